The van der Waals surface area contributed by atoms with Crippen molar-refractivity contribution in [3.05, 3.63) is 77.4 Å². The summed E-state index contributed by atoms with van der Waals surface area (Å²) in [7, 11) is 2.25. The molecule has 0 radical (unpaired) electrons. The second-order valence-corrected chi connectivity index (χ2v) is 10.8. The van der Waals surface area contributed by atoms with Crippen molar-refractivity contribution < 1.29 is 0 Å². The molecule has 1 aliphatic rings. The second-order valence-electron chi connectivity index (χ2n) is 10.8. The summed E-state index contributed by atoms with van der Waals surface area (Å²) in [4.78, 5) is 15.3. The Morgan fingerprint density at radius 1 is 0.842 bits per heavy atom. The number of aromatic nitrogens is 2. The topological polar surface area (TPSA) is 50.4 Å². The lowest BCUT2D eigenvalue weighted by Gasteiger charge is -2.30. The van der Waals surface area contributed by atoms with E-state index in [1.54, 1.807) is 0 Å². The smallest absolute Gasteiger partial charge is 0.125 e. The highest BCUT2D eigenvalue weighted by Gasteiger charge is 2.18. The fourth-order valence-electron chi connectivity index (χ4n) is 5.59. The van der Waals surface area contributed by atoms with Gasteiger partial charge in [0.05, 0.1) is 17.9 Å². The number of aryl methyl sites for hydroxylation is 1. The lowest BCUT2D eigenvalue weighted by atomic mass is 10.0. The molecule has 1 aliphatic heterocycles. The molecule has 38 heavy (non-hydrogen) atoms. The van der Waals surface area contributed by atoms with E-state index < -0.39 is 0 Å². The molecule has 2 heterocycles. The van der Waals surface area contributed by atoms with Crippen molar-refractivity contribution in [3.63, 3.8) is 0 Å². The molecule has 0 aliphatic carbocycles. The third kappa shape index (κ3) is 8.34. The Bertz CT molecular complexity index is 1060. The molecule has 0 fully saturated rings. The number of unbranched alkanes of at least 4 members (excludes halogenated alkanes) is 1. The van der Waals surface area contributed by atoms with Gasteiger partial charge in [-0.3, -0.25) is 0 Å². The van der Waals surface area contributed by atoms with Gasteiger partial charge >= 0.3 is 0 Å². The molecule has 3 aromatic rings. The number of nitrogens with one attached hydrogen (secondary N) is 2. The average Bonchev–Trinajstić information content (AvgIpc) is 3.45. The first-order chi connectivity index (χ1) is 18.7. The third-order valence-corrected chi connectivity index (χ3v) is 7.48. The van der Waals surface area contributed by atoms with Crippen LogP contribution < -0.4 is 10.2 Å². The van der Waals surface area contributed by atoms with E-state index in [1.165, 1.54) is 79.8 Å². The number of hydrogen-bond donors (Lipinski definition) is 2. The van der Waals surface area contributed by atoms with Crippen molar-refractivity contribution in [3.8, 4) is 0 Å². The molecule has 0 saturated heterocycles. The molecule has 4 rings (SSSR count). The third-order valence-electron chi connectivity index (χ3n) is 7.48. The SMILES string of the molecule is CCCN(CCC)CCCCN(C)Cc1ccc(CN(Cc2ncc[nH]2)c2cccc3c2NCCC3)cc1. The Hall–Kier alpha value is -2.83. The van der Waals surface area contributed by atoms with Crippen LogP contribution in [-0.2, 0) is 26.1 Å². The standard InChI is InChI=1S/C32H48N6/c1-4-20-37(21-5-2)23-7-6-22-36(3)24-27-13-15-28(16-14-27)25-38(26-31-33-18-19-34-31)30-12-8-10-29-11-9-17-35-32(29)30/h8,10,12-16,18-19,35H,4-7,9,11,17,20-26H2,1-3H3,(H,33,34). The van der Waals surface area contributed by atoms with Crippen LogP contribution in [0.1, 0.15) is 68.5 Å². The number of aromatic amines is 1. The number of benzene rings is 2. The summed E-state index contributed by atoms with van der Waals surface area (Å²) in [5, 5.41) is 3.67. The van der Waals surface area contributed by atoms with Crippen LogP contribution in [0.3, 0.4) is 0 Å². The van der Waals surface area contributed by atoms with Crippen molar-refractivity contribution in [2.45, 2.75) is 72.0 Å². The van der Waals surface area contributed by atoms with E-state index in [9.17, 15) is 0 Å². The largest absolute Gasteiger partial charge is 0.383 e. The summed E-state index contributed by atoms with van der Waals surface area (Å²) in [6.07, 6.45) is 11.1. The molecular weight excluding hydrogens is 468 g/mol. The van der Waals surface area contributed by atoms with Gasteiger partial charge in [0, 0.05) is 32.0 Å². The van der Waals surface area contributed by atoms with Crippen molar-refractivity contribution in [2.75, 3.05) is 50.0 Å². The predicted octanol–water partition coefficient (Wildman–Crippen LogP) is 6.31. The van der Waals surface area contributed by atoms with Gasteiger partial charge in [-0.15, -0.1) is 0 Å². The maximum Gasteiger partial charge on any atom is 0.125 e. The van der Waals surface area contributed by atoms with Crippen molar-refractivity contribution in [1.29, 1.82) is 0 Å². The van der Waals surface area contributed by atoms with Crippen LogP contribution in [0.25, 0.3) is 0 Å². The molecule has 0 amide bonds. The highest BCUT2D eigenvalue weighted by atomic mass is 15.2. The molecule has 2 aromatic carbocycles. The first kappa shape index (κ1) is 28.2. The quantitative estimate of drug-likeness (QED) is 0.219. The van der Waals surface area contributed by atoms with E-state index in [1.807, 2.05) is 12.4 Å². The van der Waals surface area contributed by atoms with Crippen LogP contribution in [0.2, 0.25) is 0 Å². The number of H-pyrrole nitrogens is 1. The van der Waals surface area contributed by atoms with Gasteiger partial charge in [0.25, 0.3) is 0 Å². The van der Waals surface area contributed by atoms with Crippen LogP contribution in [0.5, 0.6) is 0 Å². The summed E-state index contributed by atoms with van der Waals surface area (Å²) in [6, 6.07) is 15.9. The van der Waals surface area contributed by atoms with Gasteiger partial charge in [-0.05, 0) is 94.5 Å². The Balaban J connectivity index is 1.33. The molecule has 206 valence electrons. The van der Waals surface area contributed by atoms with Crippen LogP contribution in [0.15, 0.2) is 54.9 Å². The molecule has 1 aromatic heterocycles. The monoisotopic (exact) mass is 516 g/mol. The molecule has 0 atom stereocenters. The van der Waals surface area contributed by atoms with Gasteiger partial charge in [-0.1, -0.05) is 50.2 Å². The van der Waals surface area contributed by atoms with Crippen LogP contribution in [0, 0.1) is 0 Å². The zero-order chi connectivity index (χ0) is 26.6. The van der Waals surface area contributed by atoms with Crippen molar-refractivity contribution >= 4 is 11.4 Å². The average molecular weight is 517 g/mol. The summed E-state index contributed by atoms with van der Waals surface area (Å²) in [6.45, 7) is 13.1. The van der Waals surface area contributed by atoms with E-state index in [0.717, 1.165) is 45.0 Å². The van der Waals surface area contributed by atoms with E-state index in [4.69, 9.17) is 0 Å². The van der Waals surface area contributed by atoms with Gasteiger partial charge in [0.1, 0.15) is 5.82 Å². The molecule has 6 heteroatoms. The first-order valence-corrected chi connectivity index (χ1v) is 14.7. The number of imidazole rings is 1. The second kappa shape index (κ2) is 14.9. The highest BCUT2D eigenvalue weighted by molar-refractivity contribution is 5.74. The first-order valence-electron chi connectivity index (χ1n) is 14.7. The molecule has 0 spiro atoms. The molecular formula is C32H48N6. The van der Waals surface area contributed by atoms with E-state index >= 15 is 0 Å². The van der Waals surface area contributed by atoms with Gasteiger partial charge in [-0.25, -0.2) is 4.98 Å². The lowest BCUT2D eigenvalue weighted by Crippen LogP contribution is -2.27. The van der Waals surface area contributed by atoms with Crippen LogP contribution in [-0.4, -0.2) is 59.5 Å². The summed E-state index contributed by atoms with van der Waals surface area (Å²) in [5.41, 5.74) is 6.67. The molecule has 0 saturated carbocycles. The predicted molar refractivity (Wildman–Crippen MR) is 161 cm³/mol. The zero-order valence-corrected chi connectivity index (χ0v) is 23.9. The molecule has 0 bridgehead atoms. The fraction of sp³-hybridized carbons (Fsp3) is 0.531. The number of rotatable bonds is 16. The number of para-hydroxylation sites is 1. The Kier molecular flexibility index (Phi) is 11.1. The van der Waals surface area contributed by atoms with Crippen LogP contribution >= 0.6 is 0 Å². The zero-order valence-electron chi connectivity index (χ0n) is 23.9. The van der Waals surface area contributed by atoms with Crippen molar-refractivity contribution in [1.82, 2.24) is 19.8 Å². The Morgan fingerprint density at radius 2 is 1.58 bits per heavy atom. The number of nitrogens with zero attached hydrogens (tertiary/aromatic N) is 4. The van der Waals surface area contributed by atoms with E-state index in [-0.39, 0.29) is 0 Å². The molecule has 0 unspecified atom stereocenters. The number of hydrogen-bond acceptors (Lipinski definition) is 5. The minimum atomic E-state index is 0.754. The minimum Gasteiger partial charge on any atom is -0.383 e. The van der Waals surface area contributed by atoms with Gasteiger partial charge < -0.3 is 25.0 Å². The van der Waals surface area contributed by atoms with E-state index in [0.29, 0.717) is 0 Å². The van der Waals surface area contributed by atoms with Crippen LogP contribution in [0.4, 0.5) is 11.4 Å². The van der Waals surface area contributed by atoms with Gasteiger partial charge in [0.15, 0.2) is 0 Å². The molecule has 6 nitrogen and oxygen atoms in total. The maximum absolute atomic E-state index is 4.51. The lowest BCUT2D eigenvalue weighted by molar-refractivity contribution is 0.255. The minimum absolute atomic E-state index is 0.754. The van der Waals surface area contributed by atoms with Crippen molar-refractivity contribution in [2.24, 2.45) is 0 Å². The number of anilines is 2. The van der Waals surface area contributed by atoms with E-state index in [2.05, 4.69) is 93.3 Å². The highest BCUT2D eigenvalue weighted by Crippen LogP contribution is 2.34. The Morgan fingerprint density at radius 3 is 2.29 bits per heavy atom. The summed E-state index contributed by atoms with van der Waals surface area (Å²) < 4.78 is 0. The normalized spacial score (nSPS) is 13.1. The van der Waals surface area contributed by atoms with Gasteiger partial charge in [-0.2, -0.15) is 0 Å². The maximum atomic E-state index is 4.51. The Labute approximate surface area is 230 Å². The summed E-state index contributed by atoms with van der Waals surface area (Å²) >= 11 is 0. The molecule has 2 N–H and O–H groups in total. The van der Waals surface area contributed by atoms with Gasteiger partial charge in [0.2, 0.25) is 0 Å². The fourth-order valence-corrected chi connectivity index (χ4v) is 5.59. The summed E-state index contributed by atoms with van der Waals surface area (Å²) in [5.74, 6) is 0.990. The number of fused-ring (bicyclic) bond motifs is 1.